The topological polar surface area (TPSA) is 57.5 Å². The molecule has 0 radical (unpaired) electrons. The normalized spacial score (nSPS) is 11.3. The van der Waals surface area contributed by atoms with Crippen molar-refractivity contribution in [1.82, 2.24) is 0 Å². The predicted octanol–water partition coefficient (Wildman–Crippen LogP) is 3.33. The summed E-state index contributed by atoms with van der Waals surface area (Å²) in [7, 11) is 0. The molecule has 2 aromatic carbocycles. The molecule has 0 atom stereocenters. The van der Waals surface area contributed by atoms with Crippen molar-refractivity contribution in [2.45, 2.75) is 6.92 Å². The van der Waals surface area contributed by atoms with Crippen molar-refractivity contribution in [2.24, 2.45) is 0 Å². The zero-order valence-electron chi connectivity index (χ0n) is 10.5. The Bertz CT molecular complexity index is 625. The van der Waals surface area contributed by atoms with Crippen LogP contribution in [0.4, 0.5) is 0 Å². The number of aromatic hydroxyl groups is 1. The minimum atomic E-state index is -1.02. The molecular formula is C16H14O3. The van der Waals surface area contributed by atoms with Gasteiger partial charge in [0.1, 0.15) is 5.75 Å². The zero-order valence-corrected chi connectivity index (χ0v) is 10.5. The summed E-state index contributed by atoms with van der Waals surface area (Å²) < 4.78 is 0. The van der Waals surface area contributed by atoms with Gasteiger partial charge in [0.05, 0.1) is 5.57 Å². The van der Waals surface area contributed by atoms with Crippen LogP contribution in [0.3, 0.4) is 0 Å². The number of para-hydroxylation sites is 1. The van der Waals surface area contributed by atoms with Gasteiger partial charge in [0.15, 0.2) is 0 Å². The first-order valence-electron chi connectivity index (χ1n) is 5.88. The number of hydrogen-bond donors (Lipinski definition) is 2. The molecule has 2 rings (SSSR count). The van der Waals surface area contributed by atoms with Crippen LogP contribution in [-0.4, -0.2) is 16.2 Å². The van der Waals surface area contributed by atoms with E-state index in [-0.39, 0.29) is 11.3 Å². The highest BCUT2D eigenvalue weighted by molar-refractivity contribution is 6.20. The van der Waals surface area contributed by atoms with E-state index in [1.807, 2.05) is 19.1 Å². The standard InChI is InChI=1S/C16H14O3/c1-11-6-8-12(9-7-11)14(16(18)19)10-13-4-2-3-5-15(13)17/h2-10,17H,1H3,(H,18,19)/b14-10-. The predicted molar refractivity (Wildman–Crippen MR) is 74.8 cm³/mol. The molecule has 0 aromatic heterocycles. The number of hydrogen-bond acceptors (Lipinski definition) is 2. The van der Waals surface area contributed by atoms with Crippen molar-refractivity contribution in [1.29, 1.82) is 0 Å². The van der Waals surface area contributed by atoms with Crippen LogP contribution in [0.5, 0.6) is 5.75 Å². The van der Waals surface area contributed by atoms with Gasteiger partial charge in [0.2, 0.25) is 0 Å². The van der Waals surface area contributed by atoms with Gasteiger partial charge in [-0.15, -0.1) is 0 Å². The number of benzene rings is 2. The second-order valence-electron chi connectivity index (χ2n) is 4.29. The van der Waals surface area contributed by atoms with E-state index in [1.54, 1.807) is 30.3 Å². The molecule has 2 N–H and O–H groups in total. The lowest BCUT2D eigenvalue weighted by molar-refractivity contribution is -0.130. The largest absolute Gasteiger partial charge is 0.507 e. The third-order valence-corrected chi connectivity index (χ3v) is 2.83. The Morgan fingerprint density at radius 1 is 1.05 bits per heavy atom. The molecule has 3 nitrogen and oxygen atoms in total. The first-order chi connectivity index (χ1) is 9.08. The van der Waals surface area contributed by atoms with Gasteiger partial charge in [-0.1, -0.05) is 48.0 Å². The van der Waals surface area contributed by atoms with Crippen LogP contribution in [0.1, 0.15) is 16.7 Å². The average Bonchev–Trinajstić information content (AvgIpc) is 2.39. The highest BCUT2D eigenvalue weighted by Gasteiger charge is 2.11. The number of carboxylic acids is 1. The summed E-state index contributed by atoms with van der Waals surface area (Å²) in [6, 6.07) is 13.9. The van der Waals surface area contributed by atoms with Gasteiger partial charge in [0, 0.05) is 5.56 Å². The Labute approximate surface area is 111 Å². The summed E-state index contributed by atoms with van der Waals surface area (Å²) in [5.74, 6) is -0.958. The molecule has 0 aliphatic heterocycles. The lowest BCUT2D eigenvalue weighted by Gasteiger charge is -2.05. The van der Waals surface area contributed by atoms with Crippen molar-refractivity contribution in [3.8, 4) is 5.75 Å². The van der Waals surface area contributed by atoms with Crippen molar-refractivity contribution in [2.75, 3.05) is 0 Å². The van der Waals surface area contributed by atoms with Gasteiger partial charge in [-0.25, -0.2) is 4.79 Å². The van der Waals surface area contributed by atoms with Crippen LogP contribution in [0.2, 0.25) is 0 Å². The van der Waals surface area contributed by atoms with Crippen LogP contribution in [-0.2, 0) is 4.79 Å². The lowest BCUT2D eigenvalue weighted by Crippen LogP contribution is -1.99. The zero-order chi connectivity index (χ0) is 13.8. The molecule has 0 amide bonds. The van der Waals surface area contributed by atoms with Gasteiger partial charge in [0.25, 0.3) is 0 Å². The maximum Gasteiger partial charge on any atom is 0.336 e. The lowest BCUT2D eigenvalue weighted by atomic mass is 10.0. The van der Waals surface area contributed by atoms with Gasteiger partial charge in [-0.3, -0.25) is 0 Å². The van der Waals surface area contributed by atoms with E-state index in [1.165, 1.54) is 12.1 Å². The first-order valence-corrected chi connectivity index (χ1v) is 5.88. The Balaban J connectivity index is 2.50. The SMILES string of the molecule is Cc1ccc(/C(=C/c2ccccc2O)C(=O)O)cc1. The van der Waals surface area contributed by atoms with E-state index in [9.17, 15) is 15.0 Å². The quantitative estimate of drug-likeness (QED) is 0.652. The smallest absolute Gasteiger partial charge is 0.336 e. The van der Waals surface area contributed by atoms with E-state index in [2.05, 4.69) is 0 Å². The summed E-state index contributed by atoms with van der Waals surface area (Å²) in [4.78, 5) is 11.4. The number of carbonyl (C=O) groups is 1. The van der Waals surface area contributed by atoms with Crippen molar-refractivity contribution >= 4 is 17.6 Å². The minimum absolute atomic E-state index is 0.0633. The number of carboxylic acid groups (broad SMARTS) is 1. The first kappa shape index (κ1) is 12.9. The summed E-state index contributed by atoms with van der Waals surface area (Å²) in [5, 5.41) is 19.0. The van der Waals surface area contributed by atoms with Crippen molar-refractivity contribution in [3.05, 3.63) is 65.2 Å². The number of phenols is 1. The molecule has 3 heteroatoms. The second-order valence-corrected chi connectivity index (χ2v) is 4.29. The highest BCUT2D eigenvalue weighted by atomic mass is 16.4. The van der Waals surface area contributed by atoms with Crippen LogP contribution >= 0.6 is 0 Å². The van der Waals surface area contributed by atoms with Gasteiger partial charge >= 0.3 is 5.97 Å². The Morgan fingerprint density at radius 3 is 2.26 bits per heavy atom. The summed E-state index contributed by atoms with van der Waals surface area (Å²) >= 11 is 0. The van der Waals surface area contributed by atoms with Crippen LogP contribution in [0, 0.1) is 6.92 Å². The molecule has 96 valence electrons. The molecule has 0 unspecified atom stereocenters. The Morgan fingerprint density at radius 2 is 1.68 bits per heavy atom. The molecule has 0 heterocycles. The molecule has 19 heavy (non-hydrogen) atoms. The fourth-order valence-corrected chi connectivity index (χ4v) is 1.77. The number of rotatable bonds is 3. The van der Waals surface area contributed by atoms with Crippen molar-refractivity contribution in [3.63, 3.8) is 0 Å². The summed E-state index contributed by atoms with van der Waals surface area (Å²) in [6.07, 6.45) is 1.47. The minimum Gasteiger partial charge on any atom is -0.507 e. The molecule has 0 aliphatic carbocycles. The molecule has 0 saturated heterocycles. The average molecular weight is 254 g/mol. The maximum absolute atomic E-state index is 11.4. The van der Waals surface area contributed by atoms with Gasteiger partial charge in [-0.2, -0.15) is 0 Å². The molecule has 0 bridgehead atoms. The van der Waals surface area contributed by atoms with Gasteiger partial charge < -0.3 is 10.2 Å². The fraction of sp³-hybridized carbons (Fsp3) is 0.0625. The molecule has 0 aliphatic rings. The molecule has 2 aromatic rings. The number of aryl methyl sites for hydroxylation is 1. The van der Waals surface area contributed by atoms with E-state index < -0.39 is 5.97 Å². The Kier molecular flexibility index (Phi) is 3.66. The van der Waals surface area contributed by atoms with Crippen LogP contribution < -0.4 is 0 Å². The van der Waals surface area contributed by atoms with E-state index in [0.717, 1.165) is 5.56 Å². The fourth-order valence-electron chi connectivity index (χ4n) is 1.77. The molecular weight excluding hydrogens is 240 g/mol. The van der Waals surface area contributed by atoms with E-state index in [4.69, 9.17) is 0 Å². The Hall–Kier alpha value is -2.55. The number of aliphatic carboxylic acids is 1. The molecule has 0 fully saturated rings. The summed E-state index contributed by atoms with van der Waals surface area (Å²) in [5.41, 5.74) is 2.32. The molecule has 0 spiro atoms. The van der Waals surface area contributed by atoms with Crippen molar-refractivity contribution < 1.29 is 15.0 Å². The highest BCUT2D eigenvalue weighted by Crippen LogP contribution is 2.24. The second kappa shape index (κ2) is 5.40. The van der Waals surface area contributed by atoms with E-state index in [0.29, 0.717) is 11.1 Å². The summed E-state index contributed by atoms with van der Waals surface area (Å²) in [6.45, 7) is 1.94. The molecule has 0 saturated carbocycles. The monoisotopic (exact) mass is 254 g/mol. The third kappa shape index (κ3) is 3.01. The maximum atomic E-state index is 11.4. The third-order valence-electron chi connectivity index (χ3n) is 2.83. The number of phenolic OH excluding ortho intramolecular Hbond substituents is 1. The van der Waals surface area contributed by atoms with E-state index >= 15 is 0 Å². The van der Waals surface area contributed by atoms with Crippen LogP contribution in [0.15, 0.2) is 48.5 Å². The van der Waals surface area contributed by atoms with Gasteiger partial charge in [-0.05, 0) is 24.6 Å². The van der Waals surface area contributed by atoms with Crippen LogP contribution in [0.25, 0.3) is 11.6 Å².